The molecule has 10 nitrogen and oxygen atoms in total. The Morgan fingerprint density at radius 1 is 0.941 bits per heavy atom. The van der Waals surface area contributed by atoms with Crippen molar-refractivity contribution in [1.29, 1.82) is 5.26 Å². The number of alkyl halides is 3. The van der Waals surface area contributed by atoms with Gasteiger partial charge in [0.1, 0.15) is 11.4 Å². The van der Waals surface area contributed by atoms with Gasteiger partial charge in [0.25, 0.3) is 0 Å². The van der Waals surface area contributed by atoms with Crippen molar-refractivity contribution in [3.63, 3.8) is 0 Å². The maximum absolute atomic E-state index is 13.8. The van der Waals surface area contributed by atoms with E-state index in [0.717, 1.165) is 56.1 Å². The number of nitrogens with zero attached hydrogens (tertiary/aromatic N) is 3. The molecule has 8 aliphatic rings. The quantitative estimate of drug-likeness (QED) is 0.0936. The molecule has 1 aromatic heterocycles. The molecule has 3 aliphatic heterocycles. The van der Waals surface area contributed by atoms with E-state index in [1.54, 1.807) is 6.92 Å². The minimum atomic E-state index is -1.26. The molecule has 4 amide bonds. The fraction of sp³-hybridized carbons (Fsp3) is 0.553. The van der Waals surface area contributed by atoms with Crippen molar-refractivity contribution >= 4 is 55.1 Å². The van der Waals surface area contributed by atoms with E-state index in [-0.39, 0.29) is 51.5 Å². The molecule has 5 saturated carbocycles. The number of nitriles is 1. The van der Waals surface area contributed by atoms with E-state index in [9.17, 15) is 14.9 Å². The minimum absolute atomic E-state index is 0.0393. The summed E-state index contributed by atoms with van der Waals surface area (Å²) in [5, 5.41) is 32.0. The van der Waals surface area contributed by atoms with Crippen LogP contribution >= 0.6 is 43.0 Å². The molecule has 51 heavy (non-hydrogen) atoms. The van der Waals surface area contributed by atoms with Crippen LogP contribution in [-0.2, 0) is 6.54 Å². The molecule has 6 unspecified atom stereocenters. The number of benzene rings is 2. The second-order valence-corrected chi connectivity index (χ2v) is 23.2. The number of rotatable bonds is 10. The predicted octanol–water partition coefficient (Wildman–Crippen LogP) is 7.71. The summed E-state index contributed by atoms with van der Waals surface area (Å²) in [5.41, 5.74) is 4.53. The maximum atomic E-state index is 13.8. The molecule has 13 heteroatoms. The molecule has 0 bridgehead atoms. The first kappa shape index (κ1) is 32.6. The largest absolute Gasteiger partial charge is 0.0529 e. The Hall–Kier alpha value is -3.08. The Labute approximate surface area is 313 Å². The van der Waals surface area contributed by atoms with Gasteiger partial charge < -0.3 is 10.6 Å². The first-order chi connectivity index (χ1) is 24.7. The van der Waals surface area contributed by atoms with Gasteiger partial charge in [0, 0.05) is 0 Å². The van der Waals surface area contributed by atoms with Gasteiger partial charge in [-0.15, -0.1) is 0 Å². The van der Waals surface area contributed by atoms with Gasteiger partial charge in [-0.25, -0.2) is 9.42 Å². The van der Waals surface area contributed by atoms with Crippen molar-refractivity contribution < 1.29 is 14.2 Å². The second-order valence-electron chi connectivity index (χ2n) is 15.9. The van der Waals surface area contributed by atoms with Crippen LogP contribution in [-0.4, -0.2) is 33.8 Å². The summed E-state index contributed by atoms with van der Waals surface area (Å²) in [6.45, 7) is 2.03. The number of aromatic nitrogens is 2. The third-order valence-corrected chi connectivity index (χ3v) is 24.5. The molecule has 4 N–H and O–H groups in total. The number of amides is 4. The summed E-state index contributed by atoms with van der Waals surface area (Å²) >= 11 is 12.1. The second kappa shape index (κ2) is 11.7. The summed E-state index contributed by atoms with van der Waals surface area (Å²) in [7, 11) is 0. The molecule has 8 atom stereocenters. The van der Waals surface area contributed by atoms with Crippen LogP contribution in [0.1, 0.15) is 91.0 Å². The minimum Gasteiger partial charge on any atom is -0.0529 e. The molecule has 5 aliphatic carbocycles. The smallest absolute Gasteiger partial charge is 0.0167 e. The van der Waals surface area contributed by atoms with Gasteiger partial charge in [-0.3, -0.25) is 0 Å². The Morgan fingerprint density at radius 3 is 2.37 bits per heavy atom. The Morgan fingerprint density at radius 2 is 1.69 bits per heavy atom. The van der Waals surface area contributed by atoms with Gasteiger partial charge in [0.05, 0.1) is 6.54 Å². The molecule has 11 rings (SSSR count). The zero-order valence-corrected chi connectivity index (χ0v) is 31.8. The first-order valence-corrected chi connectivity index (χ1v) is 22.6. The van der Waals surface area contributed by atoms with Gasteiger partial charge in [-0.2, -0.15) is 0 Å². The van der Waals surface area contributed by atoms with E-state index >= 15 is 0 Å². The third-order valence-electron chi connectivity index (χ3n) is 13.7. The molecular weight excluding hydrogens is 800 g/mol. The van der Waals surface area contributed by atoms with Crippen LogP contribution < -0.4 is 21.3 Å². The number of urea groups is 2. The summed E-state index contributed by atoms with van der Waals surface area (Å²) in [4.78, 5) is 27.0. The molecule has 3 aromatic rings. The average molecular weight is 841 g/mol. The van der Waals surface area contributed by atoms with Gasteiger partial charge in [0.2, 0.25) is 0 Å². The summed E-state index contributed by atoms with van der Waals surface area (Å²) in [5.74, 6) is 2.51. The number of aryl methyl sites for hydroxylation is 1. The van der Waals surface area contributed by atoms with Crippen LogP contribution in [0.3, 0.4) is 0 Å². The van der Waals surface area contributed by atoms with Crippen LogP contribution in [0.2, 0.25) is 10.0 Å². The average Bonchev–Trinajstić information content (AvgIpc) is 3.92. The van der Waals surface area contributed by atoms with Crippen LogP contribution in [0.4, 0.5) is 9.59 Å². The fourth-order valence-electron chi connectivity index (χ4n) is 11.6. The van der Waals surface area contributed by atoms with Crippen molar-refractivity contribution in [3.05, 3.63) is 80.6 Å². The molecular formula is C38H40Cl2IN7O3. The summed E-state index contributed by atoms with van der Waals surface area (Å²) in [6, 6.07) is 16.2. The number of hydrogen-bond donors (Lipinski definition) is 4. The van der Waals surface area contributed by atoms with Gasteiger partial charge in [-0.05, 0) is 25.7 Å². The van der Waals surface area contributed by atoms with Crippen LogP contribution in [0, 0.1) is 53.3 Å². The zero-order chi connectivity index (χ0) is 34.8. The van der Waals surface area contributed by atoms with Gasteiger partial charge in [-0.1, -0.05) is 23.2 Å². The van der Waals surface area contributed by atoms with E-state index in [1.165, 1.54) is 5.56 Å². The van der Waals surface area contributed by atoms with E-state index in [1.807, 2.05) is 24.3 Å². The van der Waals surface area contributed by atoms with Crippen molar-refractivity contribution in [2.45, 2.75) is 87.8 Å². The van der Waals surface area contributed by atoms with E-state index in [0.29, 0.717) is 53.0 Å². The molecule has 8 fully saturated rings. The maximum Gasteiger partial charge on any atom is -0.0167 e. The SMILES string of the molecule is Cc1nonc1CNC(=O)N[C@H](c1cc(Cl)cc(C2CCC([C@H](NC(=O)NC34C5C6C3C3I4C5C63C#N)c3cccc(Cl)c3)C2)c1)C1CCCC1. The standard InChI is InChI=1S/C38H40Cl2IN7O3/c1-18-27(48-51-47-18)16-43-35(49)44-31(19-5-2-3-6-19)24-12-23(14-26(40)15-24)20-9-10-22(11-20)32(21-7-4-8-25(39)13-21)45-36(50)46-38-29-28-30(38)34-37(28,17-42)33(29)41(34)38/h4,7-8,12-15,19-20,22,28-34H,2-3,5-6,9-11,16H2,1H3,(H2,43,44,49)(H2,45,46,50)/t20?,22?,28?,29?,30?,31-,32+,33?,34?,37?,38?/m0/s1. The molecule has 2 aromatic carbocycles. The van der Waals surface area contributed by atoms with Crippen LogP contribution in [0.25, 0.3) is 0 Å². The van der Waals surface area contributed by atoms with Crippen molar-refractivity contribution in [2.75, 3.05) is 0 Å². The topological polar surface area (TPSA) is 145 Å². The normalized spacial score (nSPS) is 36.2. The Bertz CT molecular complexity index is 1940. The van der Waals surface area contributed by atoms with Crippen molar-refractivity contribution in [3.8, 4) is 6.07 Å². The number of nitrogens with one attached hydrogen (secondary N) is 4. The van der Waals surface area contributed by atoms with Crippen molar-refractivity contribution in [1.82, 2.24) is 31.6 Å². The monoisotopic (exact) mass is 839 g/mol. The molecule has 0 spiro atoms. The summed E-state index contributed by atoms with van der Waals surface area (Å²) < 4.78 is 6.22. The zero-order valence-electron chi connectivity index (χ0n) is 28.2. The first-order valence-electron chi connectivity index (χ1n) is 18.3. The molecule has 4 heterocycles. The molecule has 3 saturated heterocycles. The fourth-order valence-corrected chi connectivity index (χ4v) is 24.8. The Balaban J connectivity index is 0.850. The molecule has 266 valence electrons. The van der Waals surface area contributed by atoms with Gasteiger partial charge >= 0.3 is 229 Å². The number of hydrogen-bond acceptors (Lipinski definition) is 6. The van der Waals surface area contributed by atoms with Crippen molar-refractivity contribution in [2.24, 2.45) is 35.0 Å². The number of halogens is 3. The van der Waals surface area contributed by atoms with Crippen LogP contribution in [0.5, 0.6) is 0 Å². The number of carbonyl (C=O) groups excluding carboxylic acids is 2. The third kappa shape index (κ3) is 4.45. The van der Waals surface area contributed by atoms with E-state index in [4.69, 9.17) is 27.8 Å². The van der Waals surface area contributed by atoms with E-state index in [2.05, 4.69) is 55.8 Å². The van der Waals surface area contributed by atoms with Gasteiger partial charge in [0.15, 0.2) is 0 Å². The Kier molecular flexibility index (Phi) is 7.48. The predicted molar refractivity (Wildman–Crippen MR) is 199 cm³/mol. The summed E-state index contributed by atoms with van der Waals surface area (Å²) in [6.07, 6.45) is 7.22. The van der Waals surface area contributed by atoms with Crippen LogP contribution in [0.15, 0.2) is 47.1 Å². The number of carbonyl (C=O) groups is 2. The molecule has 0 radical (unpaired) electrons. The van der Waals surface area contributed by atoms with E-state index < -0.39 is 19.8 Å².